The van der Waals surface area contributed by atoms with Crippen molar-refractivity contribution in [1.82, 2.24) is 10.3 Å². The van der Waals surface area contributed by atoms with E-state index in [0.29, 0.717) is 12.5 Å². The molecular formula is C16H21BrN2OS. The summed E-state index contributed by atoms with van der Waals surface area (Å²) in [4.78, 5) is 4.61. The number of hydrogen-bond donors (Lipinski definition) is 1. The number of halogens is 1. The molecule has 114 valence electrons. The van der Waals surface area contributed by atoms with Crippen LogP contribution in [0.5, 0.6) is 5.75 Å². The molecule has 1 unspecified atom stereocenters. The van der Waals surface area contributed by atoms with E-state index < -0.39 is 0 Å². The van der Waals surface area contributed by atoms with E-state index in [1.807, 2.05) is 19.2 Å². The molecule has 1 N–H and O–H groups in total. The Morgan fingerprint density at radius 2 is 2.10 bits per heavy atom. The average molecular weight is 369 g/mol. The highest BCUT2D eigenvalue weighted by Gasteiger charge is 2.12. The van der Waals surface area contributed by atoms with Gasteiger partial charge >= 0.3 is 0 Å². The van der Waals surface area contributed by atoms with Crippen molar-refractivity contribution in [3.63, 3.8) is 0 Å². The minimum Gasteiger partial charge on any atom is -0.487 e. The lowest BCUT2D eigenvalue weighted by molar-refractivity contribution is 0.296. The van der Waals surface area contributed by atoms with Gasteiger partial charge in [0.1, 0.15) is 12.4 Å². The highest BCUT2D eigenvalue weighted by molar-refractivity contribution is 9.10. The van der Waals surface area contributed by atoms with Crippen molar-refractivity contribution in [2.24, 2.45) is 0 Å². The molecular weight excluding hydrogens is 348 g/mol. The zero-order valence-corrected chi connectivity index (χ0v) is 15.2. The van der Waals surface area contributed by atoms with Gasteiger partial charge in [0.05, 0.1) is 10.7 Å². The minimum atomic E-state index is 0.235. The lowest BCUT2D eigenvalue weighted by Crippen LogP contribution is -2.14. The molecule has 0 radical (unpaired) electrons. The predicted molar refractivity (Wildman–Crippen MR) is 92.2 cm³/mol. The molecule has 2 rings (SSSR count). The molecule has 0 fully saturated rings. The third-order valence-electron chi connectivity index (χ3n) is 3.31. The SMILES string of the molecule is CNC(C)c1cc(Br)ccc1OCc1csc(C(C)C)n1. The predicted octanol–water partition coefficient (Wildman–Crippen LogP) is 4.89. The maximum atomic E-state index is 5.98. The summed E-state index contributed by atoms with van der Waals surface area (Å²) in [7, 11) is 1.95. The van der Waals surface area contributed by atoms with E-state index >= 15 is 0 Å². The van der Waals surface area contributed by atoms with Crippen LogP contribution in [0.25, 0.3) is 0 Å². The molecule has 21 heavy (non-hydrogen) atoms. The van der Waals surface area contributed by atoms with Crippen molar-refractivity contribution in [2.45, 2.75) is 39.3 Å². The first kappa shape index (κ1) is 16.5. The Balaban J connectivity index is 2.11. The van der Waals surface area contributed by atoms with Crippen LogP contribution in [0.2, 0.25) is 0 Å². The van der Waals surface area contributed by atoms with Crippen LogP contribution in [0.15, 0.2) is 28.1 Å². The second-order valence-electron chi connectivity index (χ2n) is 5.31. The number of rotatable bonds is 6. The normalized spacial score (nSPS) is 12.7. The van der Waals surface area contributed by atoms with Gasteiger partial charge in [0.15, 0.2) is 0 Å². The fraction of sp³-hybridized carbons (Fsp3) is 0.438. The molecule has 0 aliphatic rings. The standard InChI is InChI=1S/C16H21BrN2OS/c1-10(2)16-19-13(9-21-16)8-20-15-6-5-12(17)7-14(15)11(3)18-4/h5-7,9-11,18H,8H2,1-4H3. The quantitative estimate of drug-likeness (QED) is 0.787. The number of benzene rings is 1. The van der Waals surface area contributed by atoms with Crippen LogP contribution in [0.3, 0.4) is 0 Å². The summed E-state index contributed by atoms with van der Waals surface area (Å²) >= 11 is 5.21. The van der Waals surface area contributed by atoms with E-state index in [0.717, 1.165) is 26.5 Å². The van der Waals surface area contributed by atoms with Crippen molar-refractivity contribution in [3.05, 3.63) is 44.3 Å². The highest BCUT2D eigenvalue weighted by atomic mass is 79.9. The van der Waals surface area contributed by atoms with Crippen molar-refractivity contribution in [3.8, 4) is 5.75 Å². The molecule has 1 aromatic heterocycles. The smallest absolute Gasteiger partial charge is 0.131 e. The van der Waals surface area contributed by atoms with E-state index in [2.05, 4.69) is 58.4 Å². The van der Waals surface area contributed by atoms with E-state index in [1.54, 1.807) is 11.3 Å². The second kappa shape index (κ2) is 7.38. The summed E-state index contributed by atoms with van der Waals surface area (Å²) in [5, 5.41) is 6.49. The Kier molecular flexibility index (Phi) is 5.79. The van der Waals surface area contributed by atoms with E-state index in [-0.39, 0.29) is 6.04 Å². The fourth-order valence-electron chi connectivity index (χ4n) is 1.95. The monoisotopic (exact) mass is 368 g/mol. The average Bonchev–Trinajstić information content (AvgIpc) is 2.94. The third kappa shape index (κ3) is 4.28. The first-order chi connectivity index (χ1) is 10.0. The first-order valence-electron chi connectivity index (χ1n) is 7.05. The number of nitrogens with zero attached hydrogens (tertiary/aromatic N) is 1. The van der Waals surface area contributed by atoms with E-state index in [1.165, 1.54) is 0 Å². The Morgan fingerprint density at radius 1 is 1.33 bits per heavy atom. The van der Waals surface area contributed by atoms with Crippen LogP contribution in [0.1, 0.15) is 49.0 Å². The van der Waals surface area contributed by atoms with Gasteiger partial charge in [0, 0.05) is 27.4 Å². The van der Waals surface area contributed by atoms with Gasteiger partial charge in [0.2, 0.25) is 0 Å². The van der Waals surface area contributed by atoms with Crippen LogP contribution >= 0.6 is 27.3 Å². The summed E-state index contributed by atoms with van der Waals surface area (Å²) < 4.78 is 7.04. The summed E-state index contributed by atoms with van der Waals surface area (Å²) in [5.41, 5.74) is 2.14. The van der Waals surface area contributed by atoms with Crippen LogP contribution in [-0.4, -0.2) is 12.0 Å². The maximum absolute atomic E-state index is 5.98. The van der Waals surface area contributed by atoms with Gasteiger partial charge in [-0.3, -0.25) is 0 Å². The molecule has 1 aromatic carbocycles. The molecule has 3 nitrogen and oxygen atoms in total. The van der Waals surface area contributed by atoms with Gasteiger partial charge in [-0.05, 0) is 32.2 Å². The second-order valence-corrected chi connectivity index (χ2v) is 7.12. The molecule has 5 heteroatoms. The van der Waals surface area contributed by atoms with Crippen molar-refractivity contribution < 1.29 is 4.74 Å². The summed E-state index contributed by atoms with van der Waals surface area (Å²) in [6.07, 6.45) is 0. The van der Waals surface area contributed by atoms with Crippen molar-refractivity contribution >= 4 is 27.3 Å². The highest BCUT2D eigenvalue weighted by Crippen LogP contribution is 2.29. The Morgan fingerprint density at radius 3 is 2.71 bits per heavy atom. The number of nitrogens with one attached hydrogen (secondary N) is 1. The Labute approximate surface area is 138 Å². The summed E-state index contributed by atoms with van der Waals surface area (Å²) in [6.45, 7) is 6.94. The zero-order chi connectivity index (χ0) is 15.4. The molecule has 0 amide bonds. The lowest BCUT2D eigenvalue weighted by Gasteiger charge is -2.16. The zero-order valence-electron chi connectivity index (χ0n) is 12.8. The number of aromatic nitrogens is 1. The van der Waals surface area contributed by atoms with Crippen LogP contribution < -0.4 is 10.1 Å². The number of thiazole rings is 1. The van der Waals surface area contributed by atoms with Gasteiger partial charge in [0.25, 0.3) is 0 Å². The molecule has 0 spiro atoms. The van der Waals surface area contributed by atoms with Crippen LogP contribution in [0.4, 0.5) is 0 Å². The van der Waals surface area contributed by atoms with Gasteiger partial charge in [-0.25, -0.2) is 4.98 Å². The van der Waals surface area contributed by atoms with Crippen molar-refractivity contribution in [2.75, 3.05) is 7.05 Å². The van der Waals surface area contributed by atoms with Crippen molar-refractivity contribution in [1.29, 1.82) is 0 Å². The van der Waals surface area contributed by atoms with Gasteiger partial charge < -0.3 is 10.1 Å². The third-order valence-corrected chi connectivity index (χ3v) is 5.00. The molecule has 1 atom stereocenters. The largest absolute Gasteiger partial charge is 0.487 e. The van der Waals surface area contributed by atoms with Gasteiger partial charge in [-0.15, -0.1) is 11.3 Å². The van der Waals surface area contributed by atoms with Crippen LogP contribution in [-0.2, 0) is 6.61 Å². The van der Waals surface area contributed by atoms with E-state index in [4.69, 9.17) is 4.74 Å². The molecule has 0 aliphatic carbocycles. The molecule has 0 saturated carbocycles. The molecule has 1 heterocycles. The van der Waals surface area contributed by atoms with Gasteiger partial charge in [-0.2, -0.15) is 0 Å². The first-order valence-corrected chi connectivity index (χ1v) is 8.72. The van der Waals surface area contributed by atoms with E-state index in [9.17, 15) is 0 Å². The van der Waals surface area contributed by atoms with Crippen LogP contribution in [0, 0.1) is 0 Å². The Hall–Kier alpha value is -0.910. The van der Waals surface area contributed by atoms with Gasteiger partial charge in [-0.1, -0.05) is 29.8 Å². The minimum absolute atomic E-state index is 0.235. The summed E-state index contributed by atoms with van der Waals surface area (Å²) in [6, 6.07) is 6.33. The Bertz CT molecular complexity index is 598. The molecule has 0 saturated heterocycles. The lowest BCUT2D eigenvalue weighted by atomic mass is 10.1. The fourth-order valence-corrected chi connectivity index (χ4v) is 3.15. The number of hydrogen-bond acceptors (Lipinski definition) is 4. The molecule has 0 bridgehead atoms. The molecule has 2 aromatic rings. The maximum Gasteiger partial charge on any atom is 0.131 e. The topological polar surface area (TPSA) is 34.1 Å². The summed E-state index contributed by atoms with van der Waals surface area (Å²) in [5.74, 6) is 1.37. The number of ether oxygens (including phenoxy) is 1. The molecule has 0 aliphatic heterocycles.